The van der Waals surface area contributed by atoms with Crippen LogP contribution in [0.3, 0.4) is 0 Å². The fourth-order valence-electron chi connectivity index (χ4n) is 3.22. The molecule has 0 saturated carbocycles. The molecule has 0 spiro atoms. The van der Waals surface area contributed by atoms with Gasteiger partial charge in [0.15, 0.2) is 0 Å². The molecular formula is C30H28CaO7. The summed E-state index contributed by atoms with van der Waals surface area (Å²) in [6.07, 6.45) is 0. The molecule has 4 aromatic rings. The van der Waals surface area contributed by atoms with E-state index in [-0.39, 0.29) is 43.2 Å². The Hall–Kier alpha value is -3.36. The summed E-state index contributed by atoms with van der Waals surface area (Å²) in [6.45, 7) is 3.19. The van der Waals surface area contributed by atoms with Crippen molar-refractivity contribution in [2.45, 2.75) is 25.7 Å². The van der Waals surface area contributed by atoms with E-state index in [4.69, 9.17) is 9.47 Å². The average molecular weight is 541 g/mol. The average Bonchev–Trinajstić information content (AvgIpc) is 2.89. The molecule has 38 heavy (non-hydrogen) atoms. The molecule has 0 heterocycles. The minimum atomic E-state index is -1.09. The Bertz CT molecular complexity index is 1180. The van der Waals surface area contributed by atoms with Crippen LogP contribution in [0.25, 0.3) is 0 Å². The van der Waals surface area contributed by atoms with Gasteiger partial charge in [-0.25, -0.2) is 0 Å². The van der Waals surface area contributed by atoms with Crippen LogP contribution in [-0.4, -0.2) is 55.2 Å². The third-order valence-electron chi connectivity index (χ3n) is 5.38. The number of aliphatic carboxylic acids is 2. The van der Waals surface area contributed by atoms with Gasteiger partial charge in [-0.1, -0.05) is 74.5 Å². The molecule has 7 nitrogen and oxygen atoms in total. The van der Waals surface area contributed by atoms with Crippen LogP contribution in [0, 0.1) is 0 Å². The van der Waals surface area contributed by atoms with Gasteiger partial charge in [0.25, 0.3) is 0 Å². The normalized spacial score (nSPS) is 11.2. The van der Waals surface area contributed by atoms with E-state index in [0.29, 0.717) is 22.6 Å². The van der Waals surface area contributed by atoms with Crippen LogP contribution in [-0.2, 0) is 9.59 Å². The molecule has 0 bridgehead atoms. The van der Waals surface area contributed by atoms with Gasteiger partial charge in [0.05, 0.1) is 0 Å². The molecule has 0 aliphatic carbocycles. The van der Waals surface area contributed by atoms with Crippen molar-refractivity contribution in [3.63, 3.8) is 0 Å². The second-order valence-corrected chi connectivity index (χ2v) is 8.06. The molecule has 0 aliphatic heterocycles. The van der Waals surface area contributed by atoms with E-state index in [1.165, 1.54) is 0 Å². The first-order chi connectivity index (χ1) is 17.3. The van der Waals surface area contributed by atoms with Gasteiger partial charge in [0.1, 0.15) is 23.0 Å². The van der Waals surface area contributed by atoms with E-state index in [9.17, 15) is 19.8 Å². The fourth-order valence-corrected chi connectivity index (χ4v) is 3.22. The standard InChI is InChI=1S/2C15H14O3.Ca.H2O/c2*1-11(15(16)17)12-6-5-9-14(10-12)18-13-7-3-2-4-8-13;;/h2*2-11H,1H3,(H,16,17);;1H2/q;;+2;/p-2. The van der Waals surface area contributed by atoms with Crippen LogP contribution in [0.4, 0.5) is 0 Å². The second kappa shape index (κ2) is 16.5. The fraction of sp³-hybridized carbons (Fsp3) is 0.133. The van der Waals surface area contributed by atoms with Gasteiger partial charge in [-0.3, -0.25) is 0 Å². The number of carbonyl (C=O) groups excluding carboxylic acids is 2. The van der Waals surface area contributed by atoms with Crippen molar-refractivity contribution in [3.8, 4) is 23.0 Å². The molecule has 2 unspecified atom stereocenters. The van der Waals surface area contributed by atoms with Gasteiger partial charge in [-0.05, 0) is 59.7 Å². The number of hydrogen-bond donors (Lipinski definition) is 0. The third-order valence-corrected chi connectivity index (χ3v) is 5.38. The van der Waals surface area contributed by atoms with Crippen LogP contribution in [0.1, 0.15) is 36.8 Å². The number of ether oxygens (including phenoxy) is 2. The Labute approximate surface area is 252 Å². The van der Waals surface area contributed by atoms with Crippen molar-refractivity contribution < 1.29 is 34.8 Å². The first-order valence-electron chi connectivity index (χ1n) is 11.4. The van der Waals surface area contributed by atoms with E-state index in [1.54, 1.807) is 62.4 Å². The second-order valence-electron chi connectivity index (χ2n) is 8.06. The predicted octanol–water partition coefficient (Wildman–Crippen LogP) is 3.46. The first-order valence-corrected chi connectivity index (χ1v) is 11.4. The summed E-state index contributed by atoms with van der Waals surface area (Å²) in [5.74, 6) is -0.808. The number of carbonyl (C=O) groups is 2. The molecule has 0 fully saturated rings. The van der Waals surface area contributed by atoms with E-state index < -0.39 is 23.8 Å². The largest absolute Gasteiger partial charge is 2.00 e. The SMILES string of the molecule is CC(C(=O)[O-])c1cccc(Oc2ccccc2)c1.CC(C(=O)[O-])c1cccc(Oc2ccccc2)c1.O.[Ca+2]. The van der Waals surface area contributed by atoms with Crippen LogP contribution < -0.4 is 19.7 Å². The van der Waals surface area contributed by atoms with Gasteiger partial charge >= 0.3 is 37.7 Å². The minimum absolute atomic E-state index is 0. The summed E-state index contributed by atoms with van der Waals surface area (Å²) in [6, 6.07) is 32.7. The summed E-state index contributed by atoms with van der Waals surface area (Å²) in [5.41, 5.74) is 1.34. The molecule has 0 aliphatic rings. The monoisotopic (exact) mass is 540 g/mol. The van der Waals surface area contributed by atoms with Crippen LogP contribution >= 0.6 is 0 Å². The quantitative estimate of drug-likeness (QED) is 0.315. The number of rotatable bonds is 8. The van der Waals surface area contributed by atoms with Crippen molar-refractivity contribution in [2.75, 3.05) is 0 Å². The Morgan fingerprint density at radius 2 is 0.868 bits per heavy atom. The molecular weight excluding hydrogens is 512 g/mol. The van der Waals surface area contributed by atoms with E-state index >= 15 is 0 Å². The minimum Gasteiger partial charge on any atom is -0.550 e. The number of benzene rings is 4. The molecule has 0 radical (unpaired) electrons. The van der Waals surface area contributed by atoms with Gasteiger partial charge in [-0.2, -0.15) is 0 Å². The zero-order valence-electron chi connectivity index (χ0n) is 21.2. The van der Waals surface area contributed by atoms with Gasteiger partial charge in [0, 0.05) is 23.8 Å². The van der Waals surface area contributed by atoms with Gasteiger partial charge in [-0.15, -0.1) is 0 Å². The molecule has 4 aromatic carbocycles. The van der Waals surface area contributed by atoms with Crippen LogP contribution in [0.2, 0.25) is 0 Å². The Morgan fingerprint density at radius 1 is 0.553 bits per heavy atom. The van der Waals surface area contributed by atoms with Crippen molar-refractivity contribution in [2.24, 2.45) is 0 Å². The molecule has 4 rings (SSSR count). The summed E-state index contributed by atoms with van der Waals surface area (Å²) in [5, 5.41) is 21.6. The van der Waals surface area contributed by atoms with Crippen molar-refractivity contribution >= 4 is 49.7 Å². The number of carboxylic acid groups (broad SMARTS) is 2. The van der Waals surface area contributed by atoms with Crippen LogP contribution in [0.5, 0.6) is 23.0 Å². The van der Waals surface area contributed by atoms with Crippen molar-refractivity contribution in [3.05, 3.63) is 120 Å². The maximum atomic E-state index is 10.8. The van der Waals surface area contributed by atoms with E-state index in [1.807, 2.05) is 60.7 Å². The molecule has 0 aromatic heterocycles. The maximum Gasteiger partial charge on any atom is 2.00 e. The first kappa shape index (κ1) is 32.7. The molecule has 192 valence electrons. The Balaban J connectivity index is 0.000000361. The molecule has 2 N–H and O–H groups in total. The van der Waals surface area contributed by atoms with Gasteiger partial charge < -0.3 is 34.8 Å². The summed E-state index contributed by atoms with van der Waals surface area (Å²) >= 11 is 0. The molecule has 0 saturated heterocycles. The van der Waals surface area contributed by atoms with E-state index in [0.717, 1.165) is 11.5 Å². The summed E-state index contributed by atoms with van der Waals surface area (Å²) in [7, 11) is 0. The van der Waals surface area contributed by atoms with Gasteiger partial charge in [0.2, 0.25) is 0 Å². The van der Waals surface area contributed by atoms with Crippen molar-refractivity contribution in [1.82, 2.24) is 0 Å². The number of hydrogen-bond acceptors (Lipinski definition) is 6. The Kier molecular flexibility index (Phi) is 14.2. The van der Waals surface area contributed by atoms with Crippen LogP contribution in [0.15, 0.2) is 109 Å². The molecule has 2 atom stereocenters. The zero-order chi connectivity index (χ0) is 25.9. The summed E-state index contributed by atoms with van der Waals surface area (Å²) < 4.78 is 11.3. The molecule has 0 amide bonds. The number of carboxylic acids is 2. The zero-order valence-corrected chi connectivity index (χ0v) is 23.4. The smallest absolute Gasteiger partial charge is 0.550 e. The topological polar surface area (TPSA) is 130 Å². The summed E-state index contributed by atoms with van der Waals surface area (Å²) in [4.78, 5) is 21.6. The third kappa shape index (κ3) is 10.2. The molecule has 8 heteroatoms. The van der Waals surface area contributed by atoms with E-state index in [2.05, 4.69) is 0 Å². The maximum absolute atomic E-state index is 10.8. The van der Waals surface area contributed by atoms with Crippen molar-refractivity contribution in [1.29, 1.82) is 0 Å². The number of para-hydroxylation sites is 2. The predicted molar refractivity (Wildman–Crippen MR) is 142 cm³/mol. The Morgan fingerprint density at radius 3 is 1.18 bits per heavy atom.